The average Bonchev–Trinajstić information content (AvgIpc) is 2.95. The lowest BCUT2D eigenvalue weighted by molar-refractivity contribution is 0.286. The molecule has 4 nitrogen and oxygen atoms in total. The van der Waals surface area contributed by atoms with Crippen LogP contribution in [0.3, 0.4) is 0 Å². The van der Waals surface area contributed by atoms with Crippen molar-refractivity contribution in [2.75, 3.05) is 13.1 Å². The Morgan fingerprint density at radius 1 is 1.40 bits per heavy atom. The van der Waals surface area contributed by atoms with Crippen molar-refractivity contribution in [3.05, 3.63) is 54.1 Å². The van der Waals surface area contributed by atoms with Crippen molar-refractivity contribution in [1.82, 2.24) is 19.8 Å². The molecule has 0 saturated heterocycles. The number of fused-ring (bicyclic) bond motifs is 1. The Bertz CT molecular complexity index is 593. The number of hydrogen-bond acceptors (Lipinski definition) is 2. The van der Waals surface area contributed by atoms with E-state index < -0.39 is 0 Å². The first-order chi connectivity index (χ1) is 9.81. The molecule has 1 N–H and O–H groups in total. The number of thiocarbonyl (C=S) groups is 1. The van der Waals surface area contributed by atoms with E-state index in [1.165, 1.54) is 11.3 Å². The molecule has 2 aromatic rings. The summed E-state index contributed by atoms with van der Waals surface area (Å²) >= 11 is 5.54. The third-order valence-corrected chi connectivity index (χ3v) is 4.01. The summed E-state index contributed by atoms with van der Waals surface area (Å²) in [5.74, 6) is 0. The molecule has 1 aliphatic rings. The highest BCUT2D eigenvalue weighted by molar-refractivity contribution is 7.80. The number of nitrogens with zero attached hydrogens (tertiary/aromatic N) is 3. The van der Waals surface area contributed by atoms with Crippen LogP contribution in [-0.2, 0) is 6.54 Å². The predicted molar refractivity (Wildman–Crippen MR) is 83.5 cm³/mol. The summed E-state index contributed by atoms with van der Waals surface area (Å²) in [7, 11) is 0. The van der Waals surface area contributed by atoms with Gasteiger partial charge in [-0.1, -0.05) is 6.07 Å². The van der Waals surface area contributed by atoms with Gasteiger partial charge in [-0.15, -0.1) is 0 Å². The maximum Gasteiger partial charge on any atom is 0.169 e. The molecule has 0 bridgehead atoms. The third kappa shape index (κ3) is 2.29. The first-order valence-electron chi connectivity index (χ1n) is 6.90. The van der Waals surface area contributed by atoms with Crippen molar-refractivity contribution >= 4 is 17.3 Å². The van der Waals surface area contributed by atoms with E-state index in [1.54, 1.807) is 6.20 Å². The number of hydrogen-bond donors (Lipinski definition) is 1. The molecule has 0 amide bonds. The molecule has 1 aliphatic heterocycles. The Labute approximate surface area is 124 Å². The summed E-state index contributed by atoms with van der Waals surface area (Å²) < 4.78 is 2.29. The lowest BCUT2D eigenvalue weighted by Crippen LogP contribution is -2.47. The van der Waals surface area contributed by atoms with Gasteiger partial charge in [-0.25, -0.2) is 0 Å². The van der Waals surface area contributed by atoms with Crippen LogP contribution in [0.25, 0.3) is 0 Å². The number of nitrogens with one attached hydrogen (secondary N) is 1. The summed E-state index contributed by atoms with van der Waals surface area (Å²) in [6.07, 6.45) is 5.86. The van der Waals surface area contributed by atoms with Crippen molar-refractivity contribution < 1.29 is 0 Å². The zero-order valence-corrected chi connectivity index (χ0v) is 12.3. The Morgan fingerprint density at radius 2 is 2.30 bits per heavy atom. The van der Waals surface area contributed by atoms with Gasteiger partial charge in [0.2, 0.25) is 0 Å². The topological polar surface area (TPSA) is 33.1 Å². The molecule has 104 valence electrons. The Morgan fingerprint density at radius 3 is 3.05 bits per heavy atom. The second kappa shape index (κ2) is 5.63. The van der Waals surface area contributed by atoms with Crippen LogP contribution < -0.4 is 5.32 Å². The molecular formula is C15H18N4S. The highest BCUT2D eigenvalue weighted by Gasteiger charge is 2.30. The Hall–Kier alpha value is -1.88. The van der Waals surface area contributed by atoms with Crippen molar-refractivity contribution in [2.45, 2.75) is 19.5 Å². The molecule has 1 atom stereocenters. The van der Waals surface area contributed by atoms with Gasteiger partial charge in [-0.3, -0.25) is 4.98 Å². The highest BCUT2D eigenvalue weighted by atomic mass is 32.1. The van der Waals surface area contributed by atoms with Crippen molar-refractivity contribution in [3.8, 4) is 0 Å². The molecule has 0 saturated carbocycles. The van der Waals surface area contributed by atoms with Crippen LogP contribution >= 0.6 is 12.2 Å². The van der Waals surface area contributed by atoms with E-state index in [-0.39, 0.29) is 6.04 Å². The maximum absolute atomic E-state index is 5.54. The molecule has 0 radical (unpaired) electrons. The molecule has 0 aliphatic carbocycles. The van der Waals surface area contributed by atoms with Crippen LogP contribution in [0.5, 0.6) is 0 Å². The van der Waals surface area contributed by atoms with Crippen LogP contribution in [0, 0.1) is 0 Å². The monoisotopic (exact) mass is 286 g/mol. The normalized spacial score (nSPS) is 17.6. The average molecular weight is 286 g/mol. The van der Waals surface area contributed by atoms with Crippen molar-refractivity contribution in [1.29, 1.82) is 0 Å². The Balaban J connectivity index is 2.01. The van der Waals surface area contributed by atoms with Gasteiger partial charge in [-0.2, -0.15) is 0 Å². The Kier molecular flexibility index (Phi) is 3.69. The van der Waals surface area contributed by atoms with E-state index in [9.17, 15) is 0 Å². The van der Waals surface area contributed by atoms with E-state index in [1.807, 2.05) is 12.3 Å². The largest absolute Gasteiger partial charge is 0.363 e. The van der Waals surface area contributed by atoms with E-state index in [0.717, 1.165) is 24.7 Å². The van der Waals surface area contributed by atoms with Gasteiger partial charge in [0.25, 0.3) is 0 Å². The molecule has 0 spiro atoms. The van der Waals surface area contributed by atoms with E-state index >= 15 is 0 Å². The zero-order chi connectivity index (χ0) is 13.9. The highest BCUT2D eigenvalue weighted by Crippen LogP contribution is 2.31. The first-order valence-corrected chi connectivity index (χ1v) is 7.31. The standard InChI is InChI=1S/C15H18N4S/c1-2-17-15(20)19-10-9-18-8-4-6-13(18)14(19)12-5-3-7-16-11-12/h3-8,11,14H,2,9-10H2,1H3,(H,17,20)/t14-/m1/s1. The molecule has 3 rings (SSSR count). The van der Waals surface area contributed by atoms with E-state index in [0.29, 0.717) is 0 Å². The number of pyridine rings is 1. The molecule has 5 heteroatoms. The van der Waals surface area contributed by atoms with Gasteiger partial charge < -0.3 is 14.8 Å². The number of aromatic nitrogens is 2. The molecule has 2 aromatic heterocycles. The van der Waals surface area contributed by atoms with E-state index in [2.05, 4.69) is 51.1 Å². The van der Waals surface area contributed by atoms with Crippen LogP contribution in [0.4, 0.5) is 0 Å². The van der Waals surface area contributed by atoms with Crippen LogP contribution in [0.15, 0.2) is 42.9 Å². The molecule has 3 heterocycles. The van der Waals surface area contributed by atoms with Gasteiger partial charge in [0.1, 0.15) is 0 Å². The zero-order valence-electron chi connectivity index (χ0n) is 11.5. The molecular weight excluding hydrogens is 268 g/mol. The summed E-state index contributed by atoms with van der Waals surface area (Å²) in [5, 5.41) is 4.08. The predicted octanol–water partition coefficient (Wildman–Crippen LogP) is 2.18. The minimum atomic E-state index is 0.138. The fourth-order valence-corrected chi connectivity index (χ4v) is 3.08. The van der Waals surface area contributed by atoms with Gasteiger partial charge in [0.05, 0.1) is 6.04 Å². The maximum atomic E-state index is 5.54. The van der Waals surface area contributed by atoms with E-state index in [4.69, 9.17) is 12.2 Å². The SMILES string of the molecule is CCNC(=S)N1CCn2cccc2[C@H]1c1cccnc1. The summed E-state index contributed by atoms with van der Waals surface area (Å²) in [4.78, 5) is 6.51. The minimum absolute atomic E-state index is 0.138. The quantitative estimate of drug-likeness (QED) is 0.858. The lowest BCUT2D eigenvalue weighted by Gasteiger charge is -2.38. The summed E-state index contributed by atoms with van der Waals surface area (Å²) in [6, 6.07) is 8.49. The van der Waals surface area contributed by atoms with Gasteiger partial charge in [-0.05, 0) is 42.9 Å². The summed E-state index contributed by atoms with van der Waals surface area (Å²) in [5.41, 5.74) is 2.44. The first kappa shape index (κ1) is 13.1. The van der Waals surface area contributed by atoms with Crippen LogP contribution in [0.1, 0.15) is 24.2 Å². The van der Waals surface area contributed by atoms with Crippen LogP contribution in [0.2, 0.25) is 0 Å². The number of rotatable bonds is 2. The second-order valence-corrected chi connectivity index (χ2v) is 5.23. The van der Waals surface area contributed by atoms with Crippen LogP contribution in [-0.4, -0.2) is 32.7 Å². The van der Waals surface area contributed by atoms with Crippen molar-refractivity contribution in [2.24, 2.45) is 0 Å². The summed E-state index contributed by atoms with van der Waals surface area (Å²) in [6.45, 7) is 4.78. The fraction of sp³-hybridized carbons (Fsp3) is 0.333. The molecule has 0 aromatic carbocycles. The van der Waals surface area contributed by atoms with Crippen molar-refractivity contribution in [3.63, 3.8) is 0 Å². The second-order valence-electron chi connectivity index (χ2n) is 4.84. The van der Waals surface area contributed by atoms with Gasteiger partial charge in [0.15, 0.2) is 5.11 Å². The smallest absolute Gasteiger partial charge is 0.169 e. The molecule has 20 heavy (non-hydrogen) atoms. The third-order valence-electron chi connectivity index (χ3n) is 3.63. The van der Waals surface area contributed by atoms with Gasteiger partial charge in [0, 0.05) is 43.9 Å². The van der Waals surface area contributed by atoms with Gasteiger partial charge >= 0.3 is 0 Å². The lowest BCUT2D eigenvalue weighted by atomic mass is 10.0. The molecule has 0 fully saturated rings. The fourth-order valence-electron chi connectivity index (χ4n) is 2.74. The molecule has 0 unspecified atom stereocenters. The minimum Gasteiger partial charge on any atom is -0.363 e.